The first-order valence-corrected chi connectivity index (χ1v) is 11.9. The van der Waals surface area contributed by atoms with Crippen molar-refractivity contribution in [3.05, 3.63) is 118 Å². The first-order valence-electron chi connectivity index (χ1n) is 11.9. The Morgan fingerprint density at radius 2 is 1.78 bits per heavy atom. The molecule has 0 saturated carbocycles. The molecule has 0 radical (unpaired) electrons. The lowest BCUT2D eigenvalue weighted by Gasteiger charge is -2.22. The van der Waals surface area contributed by atoms with Gasteiger partial charge < -0.3 is 10.1 Å². The van der Waals surface area contributed by atoms with Crippen molar-refractivity contribution in [3.8, 4) is 22.6 Å². The summed E-state index contributed by atoms with van der Waals surface area (Å²) < 4.78 is 7.04. The minimum Gasteiger partial charge on any atom is -0.497 e. The molecule has 3 aromatic carbocycles. The second kappa shape index (κ2) is 9.96. The number of aromatic nitrogens is 3. The third-order valence-electron chi connectivity index (χ3n) is 6.30. The van der Waals surface area contributed by atoms with Crippen molar-refractivity contribution in [3.63, 3.8) is 0 Å². The smallest absolute Gasteiger partial charge is 0.263 e. The predicted molar refractivity (Wildman–Crippen MR) is 147 cm³/mol. The zero-order chi connectivity index (χ0) is 25.9. The number of aryl methyl sites for hydroxylation is 1. The molecule has 7 heteroatoms. The quantitative estimate of drug-likeness (QED) is 0.277. The molecule has 0 bridgehead atoms. The molecule has 182 valence electrons. The number of para-hydroxylation sites is 1. The predicted octanol–water partition coefficient (Wildman–Crippen LogP) is 6.49. The lowest BCUT2D eigenvalue weighted by Crippen LogP contribution is -2.26. The summed E-state index contributed by atoms with van der Waals surface area (Å²) in [6.45, 7) is 11.2. The largest absolute Gasteiger partial charge is 0.497 e. The molecular formula is C30H25N5O2. The third kappa shape index (κ3) is 4.53. The number of benzene rings is 3. The average molecular weight is 488 g/mol. The van der Waals surface area contributed by atoms with E-state index in [2.05, 4.69) is 20.1 Å². The minimum atomic E-state index is -0.336. The molecule has 0 saturated heterocycles. The molecule has 2 aromatic heterocycles. The van der Waals surface area contributed by atoms with Crippen molar-refractivity contribution in [1.82, 2.24) is 14.5 Å². The maximum atomic E-state index is 14.2. The van der Waals surface area contributed by atoms with Crippen LogP contribution in [0.5, 0.6) is 5.75 Å². The fourth-order valence-electron chi connectivity index (χ4n) is 4.49. The van der Waals surface area contributed by atoms with Crippen LogP contribution in [-0.4, -0.2) is 21.6 Å². The van der Waals surface area contributed by atoms with Crippen LogP contribution in [0.3, 0.4) is 0 Å². The first kappa shape index (κ1) is 23.8. The van der Waals surface area contributed by atoms with E-state index in [0.29, 0.717) is 22.7 Å². The van der Waals surface area contributed by atoms with E-state index in [-0.39, 0.29) is 11.6 Å². The van der Waals surface area contributed by atoms with Gasteiger partial charge in [0.25, 0.3) is 5.56 Å². The van der Waals surface area contributed by atoms with Crippen LogP contribution in [0.1, 0.15) is 24.5 Å². The Bertz CT molecular complexity index is 1690. The lowest BCUT2D eigenvalue weighted by molar-refractivity contribution is 0.415. The number of methoxy groups -OCH3 is 1. The fourth-order valence-corrected chi connectivity index (χ4v) is 4.49. The molecule has 0 unspecified atom stereocenters. The van der Waals surface area contributed by atoms with Crippen LogP contribution in [0.2, 0.25) is 0 Å². The van der Waals surface area contributed by atoms with Crippen LogP contribution in [0.25, 0.3) is 32.4 Å². The Morgan fingerprint density at radius 3 is 2.49 bits per heavy atom. The molecule has 37 heavy (non-hydrogen) atoms. The van der Waals surface area contributed by atoms with Gasteiger partial charge in [0.1, 0.15) is 17.4 Å². The summed E-state index contributed by atoms with van der Waals surface area (Å²) in [6.07, 6.45) is 1.51. The number of nitrogens with one attached hydrogen (secondary N) is 1. The Morgan fingerprint density at radius 1 is 1.03 bits per heavy atom. The normalized spacial score (nSPS) is 11.6. The van der Waals surface area contributed by atoms with Gasteiger partial charge in [0.2, 0.25) is 5.69 Å². The summed E-state index contributed by atoms with van der Waals surface area (Å²) >= 11 is 0. The molecule has 0 aliphatic rings. The van der Waals surface area contributed by atoms with Crippen molar-refractivity contribution < 1.29 is 4.74 Å². The van der Waals surface area contributed by atoms with Gasteiger partial charge in [-0.1, -0.05) is 48.5 Å². The van der Waals surface area contributed by atoms with Crippen LogP contribution < -0.4 is 15.6 Å². The van der Waals surface area contributed by atoms with E-state index in [1.807, 2.05) is 85.8 Å². The molecule has 5 aromatic rings. The van der Waals surface area contributed by atoms with Crippen LogP contribution in [-0.2, 0) is 0 Å². The van der Waals surface area contributed by atoms with Crippen molar-refractivity contribution in [2.45, 2.75) is 19.9 Å². The molecule has 0 aliphatic heterocycles. The zero-order valence-electron chi connectivity index (χ0n) is 20.8. The summed E-state index contributed by atoms with van der Waals surface area (Å²) in [5, 5.41) is 4.80. The van der Waals surface area contributed by atoms with Gasteiger partial charge in [-0.25, -0.2) is 9.83 Å². The Hall–Kier alpha value is -4.96. The molecule has 1 N–H and O–H groups in total. The lowest BCUT2D eigenvalue weighted by atomic mass is 9.97. The van der Waals surface area contributed by atoms with E-state index in [1.165, 1.54) is 6.20 Å². The molecule has 2 heterocycles. The highest BCUT2D eigenvalue weighted by atomic mass is 16.5. The summed E-state index contributed by atoms with van der Waals surface area (Å²) in [6, 6.07) is 24.8. The Kier molecular flexibility index (Phi) is 6.40. The van der Waals surface area contributed by atoms with Gasteiger partial charge in [-0.2, -0.15) is 0 Å². The van der Waals surface area contributed by atoms with Crippen LogP contribution in [0, 0.1) is 13.5 Å². The average Bonchev–Trinajstić information content (AvgIpc) is 2.93. The Labute approximate surface area is 214 Å². The molecule has 1 atom stereocenters. The summed E-state index contributed by atoms with van der Waals surface area (Å²) in [5.74, 6) is 1.76. The van der Waals surface area contributed by atoms with E-state index in [1.54, 1.807) is 18.6 Å². The van der Waals surface area contributed by atoms with Crippen LogP contribution in [0.4, 0.5) is 11.5 Å². The second-order valence-electron chi connectivity index (χ2n) is 8.67. The Balaban J connectivity index is 1.73. The third-order valence-corrected chi connectivity index (χ3v) is 6.30. The molecule has 0 aliphatic carbocycles. The number of rotatable bonds is 6. The van der Waals surface area contributed by atoms with E-state index >= 15 is 0 Å². The second-order valence-corrected chi connectivity index (χ2v) is 8.67. The highest BCUT2D eigenvalue weighted by Crippen LogP contribution is 2.32. The highest BCUT2D eigenvalue weighted by molar-refractivity contribution is 5.96. The molecule has 5 rings (SSSR count). The van der Waals surface area contributed by atoms with Gasteiger partial charge in [0.15, 0.2) is 0 Å². The number of fused-ring (bicyclic) bond motifs is 1. The number of anilines is 1. The van der Waals surface area contributed by atoms with E-state index in [4.69, 9.17) is 11.3 Å². The van der Waals surface area contributed by atoms with Crippen molar-refractivity contribution in [1.29, 1.82) is 0 Å². The number of ether oxygens (including phenoxy) is 1. The summed E-state index contributed by atoms with van der Waals surface area (Å²) in [4.78, 5) is 26.3. The first-order chi connectivity index (χ1) is 18.0. The summed E-state index contributed by atoms with van der Waals surface area (Å²) in [5.41, 5.74) is 3.50. The maximum Gasteiger partial charge on any atom is 0.263 e. The highest BCUT2D eigenvalue weighted by Gasteiger charge is 2.20. The van der Waals surface area contributed by atoms with Crippen LogP contribution in [0.15, 0.2) is 89.9 Å². The number of hydrogen-bond acceptors (Lipinski definition) is 5. The number of nitrogens with zero attached hydrogens (tertiary/aromatic N) is 4. The monoisotopic (exact) mass is 487 g/mol. The molecule has 0 amide bonds. The number of pyridine rings is 1. The maximum absolute atomic E-state index is 14.2. The molecule has 0 spiro atoms. The zero-order valence-corrected chi connectivity index (χ0v) is 20.8. The molecular weight excluding hydrogens is 462 g/mol. The fraction of sp³-hybridized carbons (Fsp3) is 0.133. The van der Waals surface area contributed by atoms with Gasteiger partial charge in [-0.05, 0) is 60.7 Å². The van der Waals surface area contributed by atoms with Gasteiger partial charge in [0.05, 0.1) is 25.1 Å². The summed E-state index contributed by atoms with van der Waals surface area (Å²) in [7, 11) is 1.63. The minimum absolute atomic E-state index is 0.122. The SMILES string of the molecule is [C-]#[N+]c1cnc(C)nc1N[C@@H](C)c1cc2cccc(-c3ccc(OC)cc3)c2c(=O)n1-c1ccccc1. The van der Waals surface area contributed by atoms with Crippen LogP contribution >= 0.6 is 0 Å². The van der Waals surface area contributed by atoms with Gasteiger partial charge in [-0.3, -0.25) is 14.3 Å². The number of hydrogen-bond donors (Lipinski definition) is 1. The van der Waals surface area contributed by atoms with Gasteiger partial charge >= 0.3 is 0 Å². The van der Waals surface area contributed by atoms with Crippen molar-refractivity contribution in [2.75, 3.05) is 12.4 Å². The molecule has 0 fully saturated rings. The topological polar surface area (TPSA) is 73.4 Å². The van der Waals surface area contributed by atoms with Crippen molar-refractivity contribution in [2.24, 2.45) is 0 Å². The standard InChI is InChI=1S/C30H25N5O2/c1-19(33-29-26(31-3)18-32-20(2)34-29)27-17-22-9-8-12-25(21-13-15-24(37-4)16-14-21)28(22)30(36)35(27)23-10-6-5-7-11-23/h5-19H,1-2,4H3,(H,32,33,34)/t19-/m0/s1. The van der Waals surface area contributed by atoms with E-state index in [0.717, 1.165) is 33.6 Å². The van der Waals surface area contributed by atoms with Crippen molar-refractivity contribution >= 4 is 22.3 Å². The van der Waals surface area contributed by atoms with E-state index in [9.17, 15) is 4.79 Å². The van der Waals surface area contributed by atoms with E-state index < -0.39 is 0 Å². The molecule has 7 nitrogen and oxygen atoms in total. The van der Waals surface area contributed by atoms with Gasteiger partial charge in [0, 0.05) is 17.6 Å². The van der Waals surface area contributed by atoms with Gasteiger partial charge in [-0.15, -0.1) is 0 Å².